The van der Waals surface area contributed by atoms with Gasteiger partial charge in [0.25, 0.3) is 5.91 Å². The van der Waals surface area contributed by atoms with E-state index in [2.05, 4.69) is 15.3 Å². The van der Waals surface area contributed by atoms with Crippen LogP contribution in [0, 0.1) is 13.8 Å². The van der Waals surface area contributed by atoms with E-state index in [9.17, 15) is 9.59 Å². The van der Waals surface area contributed by atoms with E-state index >= 15 is 0 Å². The third kappa shape index (κ3) is 7.77. The molecule has 41 heavy (non-hydrogen) atoms. The number of aromatic nitrogens is 2. The number of carbonyl (C=O) groups excluding carboxylic acids is 2. The van der Waals surface area contributed by atoms with Crippen LogP contribution >= 0.6 is 23.4 Å². The Bertz CT molecular complexity index is 1500. The zero-order valence-electron chi connectivity index (χ0n) is 23.3. The smallest absolute Gasteiger partial charge is 0.251 e. The van der Waals surface area contributed by atoms with E-state index in [1.165, 1.54) is 23.8 Å². The quantitative estimate of drug-likeness (QED) is 0.163. The number of hydrogen-bond acceptors (Lipinski definition) is 7. The van der Waals surface area contributed by atoms with Crippen LogP contribution in [0.1, 0.15) is 28.6 Å². The minimum atomic E-state index is -0.979. The maximum absolute atomic E-state index is 14.1. The van der Waals surface area contributed by atoms with E-state index in [1.54, 1.807) is 31.4 Å². The largest absolute Gasteiger partial charge is 0.497 e. The summed E-state index contributed by atoms with van der Waals surface area (Å²) in [7, 11) is 3.07. The molecule has 0 radical (unpaired) electrons. The minimum absolute atomic E-state index is 0.0236. The summed E-state index contributed by atoms with van der Waals surface area (Å²) < 4.78 is 10.8. The summed E-state index contributed by atoms with van der Waals surface area (Å²) in [6.45, 7) is 3.88. The van der Waals surface area contributed by atoms with E-state index in [-0.39, 0.29) is 18.2 Å². The normalized spacial score (nSPS) is 11.4. The van der Waals surface area contributed by atoms with E-state index in [0.717, 1.165) is 11.4 Å². The average molecular weight is 591 g/mol. The first kappa shape index (κ1) is 29.9. The van der Waals surface area contributed by atoms with E-state index in [1.807, 2.05) is 68.4 Å². The number of halogens is 1. The van der Waals surface area contributed by atoms with Crippen LogP contribution in [-0.4, -0.2) is 46.7 Å². The number of carbonyl (C=O) groups is 2. The lowest BCUT2D eigenvalue weighted by Gasteiger charge is -2.32. The Hall–Kier alpha value is -4.08. The third-order valence-corrected chi connectivity index (χ3v) is 7.45. The van der Waals surface area contributed by atoms with E-state index in [0.29, 0.717) is 38.5 Å². The van der Waals surface area contributed by atoms with Crippen molar-refractivity contribution < 1.29 is 19.1 Å². The molecule has 2 amide bonds. The number of nitrogens with one attached hydrogen (secondary N) is 1. The molecule has 0 aliphatic heterocycles. The van der Waals surface area contributed by atoms with Crippen LogP contribution in [0.25, 0.3) is 0 Å². The van der Waals surface area contributed by atoms with Crippen molar-refractivity contribution in [3.05, 3.63) is 106 Å². The van der Waals surface area contributed by atoms with Crippen LogP contribution in [0.5, 0.6) is 11.5 Å². The van der Waals surface area contributed by atoms with Crippen molar-refractivity contribution in [3.63, 3.8) is 0 Å². The van der Waals surface area contributed by atoms with Gasteiger partial charge in [-0.05, 0) is 49.2 Å². The molecule has 0 fully saturated rings. The number of nitrogens with zero attached hydrogens (tertiary/aromatic N) is 3. The Kier molecular flexibility index (Phi) is 10.2. The van der Waals surface area contributed by atoms with Crippen LogP contribution in [0.3, 0.4) is 0 Å². The second-order valence-electron chi connectivity index (χ2n) is 9.20. The highest BCUT2D eigenvalue weighted by molar-refractivity contribution is 7.99. The maximum Gasteiger partial charge on any atom is 0.251 e. The molecular weight excluding hydrogens is 560 g/mol. The van der Waals surface area contributed by atoms with Crippen LogP contribution in [-0.2, 0) is 16.1 Å². The first-order chi connectivity index (χ1) is 19.8. The van der Waals surface area contributed by atoms with Crippen LogP contribution in [0.4, 0.5) is 5.69 Å². The van der Waals surface area contributed by atoms with Crippen molar-refractivity contribution >= 4 is 40.9 Å². The maximum atomic E-state index is 14.1. The Morgan fingerprint density at radius 2 is 1.61 bits per heavy atom. The number of aryl methyl sites for hydroxylation is 2. The molecule has 4 aromatic rings. The fourth-order valence-corrected chi connectivity index (χ4v) is 5.34. The van der Waals surface area contributed by atoms with Gasteiger partial charge in [-0.15, -0.1) is 0 Å². The molecule has 10 heteroatoms. The highest BCUT2D eigenvalue weighted by Crippen LogP contribution is 2.33. The first-order valence-corrected chi connectivity index (χ1v) is 14.2. The number of rotatable bonds is 11. The predicted octanol–water partition coefficient (Wildman–Crippen LogP) is 6.26. The van der Waals surface area contributed by atoms with Crippen LogP contribution in [0.2, 0.25) is 5.02 Å². The lowest BCUT2D eigenvalue weighted by molar-refractivity contribution is -0.137. The van der Waals surface area contributed by atoms with Crippen molar-refractivity contribution in [2.75, 3.05) is 25.3 Å². The predicted molar refractivity (Wildman–Crippen MR) is 162 cm³/mol. The molecule has 0 aliphatic carbocycles. The SMILES string of the molecule is COc1ccc(NC(=O)[C@H](c2ccccc2)N(Cc2ccccc2Cl)C(=O)CSc2nc(C)cc(C)n2)c(OC)c1. The van der Waals surface area contributed by atoms with Crippen molar-refractivity contribution in [2.24, 2.45) is 0 Å². The van der Waals surface area contributed by atoms with Gasteiger partial charge in [-0.1, -0.05) is 71.9 Å². The van der Waals surface area contributed by atoms with Crippen LogP contribution < -0.4 is 14.8 Å². The Morgan fingerprint density at radius 1 is 0.927 bits per heavy atom. The van der Waals surface area contributed by atoms with Gasteiger partial charge in [0, 0.05) is 29.0 Å². The van der Waals surface area contributed by atoms with Crippen molar-refractivity contribution in [1.82, 2.24) is 14.9 Å². The number of benzene rings is 3. The molecule has 1 heterocycles. The van der Waals surface area contributed by atoms with E-state index in [4.69, 9.17) is 21.1 Å². The fourth-order valence-electron chi connectivity index (χ4n) is 4.31. The average Bonchev–Trinajstić information content (AvgIpc) is 2.97. The molecular formula is C31H31ClN4O4S. The lowest BCUT2D eigenvalue weighted by Crippen LogP contribution is -2.42. The monoisotopic (exact) mass is 590 g/mol. The van der Waals surface area contributed by atoms with Gasteiger partial charge in [-0.2, -0.15) is 0 Å². The zero-order valence-corrected chi connectivity index (χ0v) is 24.8. The molecule has 0 saturated carbocycles. The van der Waals surface area contributed by atoms with Crippen molar-refractivity contribution in [3.8, 4) is 11.5 Å². The second-order valence-corrected chi connectivity index (χ2v) is 10.6. The molecule has 212 valence electrons. The van der Waals surface area contributed by atoms with Gasteiger partial charge in [0.2, 0.25) is 5.91 Å². The minimum Gasteiger partial charge on any atom is -0.497 e. The molecule has 0 bridgehead atoms. The molecule has 8 nitrogen and oxygen atoms in total. The van der Waals surface area contributed by atoms with Gasteiger partial charge < -0.3 is 19.7 Å². The standard InChI is InChI=1S/C31H31ClN4O4S/c1-20-16-21(2)34-31(33-20)41-19-28(37)36(18-23-12-8-9-13-25(23)32)29(22-10-6-5-7-11-22)30(38)35-26-15-14-24(39-3)17-27(26)40-4/h5-17,29H,18-19H2,1-4H3,(H,35,38)/t29-/m0/s1. The molecule has 4 rings (SSSR count). The Morgan fingerprint density at radius 3 is 2.27 bits per heavy atom. The molecule has 1 atom stereocenters. The van der Waals surface area contributed by atoms with Crippen LogP contribution in [0.15, 0.2) is 84.0 Å². The fraction of sp³-hybridized carbons (Fsp3) is 0.226. The summed E-state index contributed by atoms with van der Waals surface area (Å²) in [5.41, 5.74) is 3.43. The summed E-state index contributed by atoms with van der Waals surface area (Å²) in [5, 5.41) is 3.96. The molecule has 0 spiro atoms. The van der Waals surface area contributed by atoms with Crippen molar-refractivity contribution in [2.45, 2.75) is 31.6 Å². The van der Waals surface area contributed by atoms with Gasteiger partial charge in [-0.25, -0.2) is 9.97 Å². The Balaban J connectivity index is 1.72. The first-order valence-electron chi connectivity index (χ1n) is 12.8. The van der Waals surface area contributed by atoms with Gasteiger partial charge in [0.15, 0.2) is 5.16 Å². The summed E-state index contributed by atoms with van der Waals surface area (Å²) >= 11 is 7.74. The lowest BCUT2D eigenvalue weighted by atomic mass is 10.0. The topological polar surface area (TPSA) is 93.7 Å². The molecule has 0 saturated heterocycles. The van der Waals surface area contributed by atoms with Gasteiger partial charge in [0.1, 0.15) is 17.5 Å². The zero-order chi connectivity index (χ0) is 29.4. The van der Waals surface area contributed by atoms with Gasteiger partial charge in [0.05, 0.1) is 25.7 Å². The van der Waals surface area contributed by atoms with E-state index < -0.39 is 11.9 Å². The summed E-state index contributed by atoms with van der Waals surface area (Å²) in [6.07, 6.45) is 0. The number of ether oxygens (including phenoxy) is 2. The number of amides is 2. The number of thioether (sulfide) groups is 1. The summed E-state index contributed by atoms with van der Waals surface area (Å²) in [6, 6.07) is 22.4. The number of methoxy groups -OCH3 is 2. The molecule has 3 aromatic carbocycles. The van der Waals surface area contributed by atoms with Crippen molar-refractivity contribution in [1.29, 1.82) is 0 Å². The summed E-state index contributed by atoms with van der Waals surface area (Å²) in [5.74, 6) is 0.350. The molecule has 1 N–H and O–H groups in total. The molecule has 0 aliphatic rings. The molecule has 0 unspecified atom stereocenters. The highest BCUT2D eigenvalue weighted by Gasteiger charge is 2.32. The Labute approximate surface area is 249 Å². The summed E-state index contributed by atoms with van der Waals surface area (Å²) in [4.78, 5) is 38.5. The highest BCUT2D eigenvalue weighted by atomic mass is 35.5. The van der Waals surface area contributed by atoms with Gasteiger partial charge >= 0.3 is 0 Å². The second kappa shape index (κ2) is 14.0. The number of anilines is 1. The number of hydrogen-bond donors (Lipinski definition) is 1. The van der Waals surface area contributed by atoms with Gasteiger partial charge in [-0.3, -0.25) is 9.59 Å². The third-order valence-electron chi connectivity index (χ3n) is 6.25. The molecule has 1 aromatic heterocycles.